The number of nitro groups is 1. The second-order valence-corrected chi connectivity index (χ2v) is 6.71. The molecule has 1 N–H and O–H groups in total. The van der Waals surface area contributed by atoms with Crippen LogP contribution in [0.5, 0.6) is 11.5 Å². The van der Waals surface area contributed by atoms with Crippen molar-refractivity contribution in [3.8, 4) is 11.5 Å². The topological polar surface area (TPSA) is 120 Å². The molecule has 0 fully saturated rings. The van der Waals surface area contributed by atoms with Crippen molar-refractivity contribution < 1.29 is 24.0 Å². The van der Waals surface area contributed by atoms with E-state index < -0.39 is 22.5 Å². The molecule has 0 saturated heterocycles. The van der Waals surface area contributed by atoms with Gasteiger partial charge < -0.3 is 9.47 Å². The molecule has 0 radical (unpaired) electrons. The molecular formula is C22H16ClN3O6. The molecule has 0 aromatic heterocycles. The molecule has 0 aliphatic carbocycles. The van der Waals surface area contributed by atoms with Gasteiger partial charge in [-0.15, -0.1) is 0 Å². The largest absolute Gasteiger partial charge is 0.497 e. The van der Waals surface area contributed by atoms with Gasteiger partial charge in [0, 0.05) is 22.2 Å². The number of nitrogens with zero attached hydrogens (tertiary/aromatic N) is 2. The van der Waals surface area contributed by atoms with Crippen LogP contribution >= 0.6 is 11.6 Å². The van der Waals surface area contributed by atoms with Gasteiger partial charge in [0.05, 0.1) is 23.8 Å². The average molecular weight is 454 g/mol. The number of hydrogen-bond acceptors (Lipinski definition) is 7. The van der Waals surface area contributed by atoms with Crippen LogP contribution in [-0.2, 0) is 0 Å². The van der Waals surface area contributed by atoms with Gasteiger partial charge in [0.1, 0.15) is 5.75 Å². The molecule has 32 heavy (non-hydrogen) atoms. The van der Waals surface area contributed by atoms with Crippen LogP contribution in [0, 0.1) is 10.1 Å². The minimum Gasteiger partial charge on any atom is -0.497 e. The zero-order chi connectivity index (χ0) is 23.1. The van der Waals surface area contributed by atoms with Gasteiger partial charge in [0.25, 0.3) is 5.91 Å². The average Bonchev–Trinajstić information content (AvgIpc) is 2.80. The van der Waals surface area contributed by atoms with Crippen LogP contribution in [0.4, 0.5) is 5.69 Å². The predicted molar refractivity (Wildman–Crippen MR) is 118 cm³/mol. The van der Waals surface area contributed by atoms with Gasteiger partial charge >= 0.3 is 11.7 Å². The first-order valence-corrected chi connectivity index (χ1v) is 9.49. The first kappa shape index (κ1) is 22.4. The second kappa shape index (κ2) is 10.2. The highest BCUT2D eigenvalue weighted by Crippen LogP contribution is 2.31. The smallest absolute Gasteiger partial charge is 0.343 e. The lowest BCUT2D eigenvalue weighted by molar-refractivity contribution is -0.385. The normalized spacial score (nSPS) is 10.6. The quantitative estimate of drug-likeness (QED) is 0.188. The first-order valence-electron chi connectivity index (χ1n) is 9.11. The number of benzene rings is 3. The number of carbonyl (C=O) groups excluding carboxylic acids is 2. The van der Waals surface area contributed by atoms with E-state index in [2.05, 4.69) is 10.5 Å². The van der Waals surface area contributed by atoms with Crippen molar-refractivity contribution in [3.63, 3.8) is 0 Å². The minimum atomic E-state index is -0.804. The van der Waals surface area contributed by atoms with E-state index >= 15 is 0 Å². The summed E-state index contributed by atoms with van der Waals surface area (Å²) in [7, 11) is 1.48. The first-order chi connectivity index (χ1) is 15.4. The third-order valence-corrected chi connectivity index (χ3v) is 4.47. The molecule has 10 heteroatoms. The second-order valence-electron chi connectivity index (χ2n) is 6.28. The molecule has 0 heterocycles. The van der Waals surface area contributed by atoms with E-state index in [1.165, 1.54) is 49.6 Å². The van der Waals surface area contributed by atoms with Crippen LogP contribution in [0.2, 0.25) is 5.02 Å². The van der Waals surface area contributed by atoms with Crippen molar-refractivity contribution in [3.05, 3.63) is 98.6 Å². The summed E-state index contributed by atoms with van der Waals surface area (Å²) in [4.78, 5) is 35.4. The predicted octanol–water partition coefficient (Wildman–Crippen LogP) is 4.24. The number of para-hydroxylation sites is 1. The molecule has 162 valence electrons. The highest BCUT2D eigenvalue weighted by molar-refractivity contribution is 6.30. The third kappa shape index (κ3) is 5.46. The Labute approximate surface area is 187 Å². The van der Waals surface area contributed by atoms with Crippen molar-refractivity contribution in [1.82, 2.24) is 5.43 Å². The monoisotopic (exact) mass is 453 g/mol. The van der Waals surface area contributed by atoms with E-state index in [-0.39, 0.29) is 16.9 Å². The van der Waals surface area contributed by atoms with E-state index in [1.807, 2.05) is 0 Å². The molecule has 0 bridgehead atoms. The molecule has 0 spiro atoms. The van der Waals surface area contributed by atoms with Gasteiger partial charge in [-0.2, -0.15) is 5.10 Å². The summed E-state index contributed by atoms with van der Waals surface area (Å²) in [6.07, 6.45) is 1.15. The van der Waals surface area contributed by atoms with Crippen molar-refractivity contribution in [2.45, 2.75) is 0 Å². The number of nitro benzene ring substituents is 1. The SMILES string of the molecule is COc1ccc(C(=O)Oc2c(/C=N/NC(=O)c3ccc(Cl)cc3)cccc2[N+](=O)[O-])cc1. The van der Waals surface area contributed by atoms with Crippen LogP contribution < -0.4 is 14.9 Å². The summed E-state index contributed by atoms with van der Waals surface area (Å²) in [6, 6.07) is 16.3. The van der Waals surface area contributed by atoms with Gasteiger partial charge in [-0.05, 0) is 54.6 Å². The highest BCUT2D eigenvalue weighted by Gasteiger charge is 2.22. The van der Waals surface area contributed by atoms with Crippen LogP contribution in [-0.4, -0.2) is 30.1 Å². The summed E-state index contributed by atoms with van der Waals surface area (Å²) in [5.74, 6) is -1.08. The maximum Gasteiger partial charge on any atom is 0.343 e. The number of halogens is 1. The van der Waals surface area contributed by atoms with E-state index in [9.17, 15) is 19.7 Å². The Morgan fingerprint density at radius 3 is 2.31 bits per heavy atom. The Morgan fingerprint density at radius 2 is 1.69 bits per heavy atom. The molecule has 3 aromatic carbocycles. The minimum absolute atomic E-state index is 0.123. The molecule has 0 atom stereocenters. The number of ether oxygens (including phenoxy) is 2. The van der Waals surface area contributed by atoms with Gasteiger partial charge in [0.2, 0.25) is 5.75 Å². The van der Waals surface area contributed by atoms with Gasteiger partial charge in [-0.1, -0.05) is 17.7 Å². The van der Waals surface area contributed by atoms with E-state index in [1.54, 1.807) is 24.3 Å². The number of nitrogens with one attached hydrogen (secondary N) is 1. The zero-order valence-electron chi connectivity index (χ0n) is 16.7. The lowest BCUT2D eigenvalue weighted by Gasteiger charge is -2.08. The molecule has 1 amide bonds. The fraction of sp³-hybridized carbons (Fsp3) is 0.0455. The van der Waals surface area contributed by atoms with Gasteiger partial charge in [-0.25, -0.2) is 10.2 Å². The number of esters is 1. The molecule has 3 aromatic rings. The van der Waals surface area contributed by atoms with E-state index in [0.29, 0.717) is 16.3 Å². The van der Waals surface area contributed by atoms with Crippen LogP contribution in [0.25, 0.3) is 0 Å². The van der Waals surface area contributed by atoms with Crippen molar-refractivity contribution in [2.75, 3.05) is 7.11 Å². The Balaban J connectivity index is 1.82. The number of rotatable bonds is 7. The number of carbonyl (C=O) groups is 2. The van der Waals surface area contributed by atoms with Crippen LogP contribution in [0.1, 0.15) is 26.3 Å². The molecule has 0 unspecified atom stereocenters. The maximum atomic E-state index is 12.5. The van der Waals surface area contributed by atoms with Crippen LogP contribution in [0.15, 0.2) is 71.8 Å². The highest BCUT2D eigenvalue weighted by atomic mass is 35.5. The summed E-state index contributed by atoms with van der Waals surface area (Å²) < 4.78 is 10.4. The maximum absolute atomic E-state index is 12.5. The van der Waals surface area contributed by atoms with Crippen molar-refractivity contribution >= 4 is 35.4 Å². The molecule has 0 saturated carbocycles. The van der Waals surface area contributed by atoms with Crippen molar-refractivity contribution in [1.29, 1.82) is 0 Å². The number of methoxy groups -OCH3 is 1. The van der Waals surface area contributed by atoms with E-state index in [0.717, 1.165) is 6.21 Å². The molecule has 3 rings (SSSR count). The fourth-order valence-electron chi connectivity index (χ4n) is 2.60. The Morgan fingerprint density at radius 1 is 1.03 bits per heavy atom. The standard InChI is InChI=1S/C22H16ClN3O6/c1-31-18-11-7-15(8-12-18)22(28)32-20-16(3-2-4-19(20)26(29)30)13-24-25-21(27)14-5-9-17(23)10-6-14/h2-13H,1H3,(H,25,27)/b24-13+. The third-order valence-electron chi connectivity index (χ3n) is 4.22. The summed E-state index contributed by atoms with van der Waals surface area (Å²) in [5, 5.41) is 15.7. The Kier molecular flexibility index (Phi) is 7.14. The summed E-state index contributed by atoms with van der Waals surface area (Å²) >= 11 is 5.80. The number of hydrogen-bond donors (Lipinski definition) is 1. The van der Waals surface area contributed by atoms with Crippen molar-refractivity contribution in [2.24, 2.45) is 5.10 Å². The molecule has 0 aliphatic heterocycles. The summed E-state index contributed by atoms with van der Waals surface area (Å²) in [5.41, 5.74) is 2.48. The summed E-state index contributed by atoms with van der Waals surface area (Å²) in [6.45, 7) is 0. The van der Waals surface area contributed by atoms with E-state index in [4.69, 9.17) is 21.1 Å². The fourth-order valence-corrected chi connectivity index (χ4v) is 2.73. The van der Waals surface area contributed by atoms with Crippen LogP contribution in [0.3, 0.4) is 0 Å². The molecule has 9 nitrogen and oxygen atoms in total. The lowest BCUT2D eigenvalue weighted by Crippen LogP contribution is -2.17. The Bertz CT molecular complexity index is 1180. The lowest BCUT2D eigenvalue weighted by atomic mass is 10.1. The van der Waals surface area contributed by atoms with Gasteiger partial charge in [-0.3, -0.25) is 14.9 Å². The number of hydrazone groups is 1. The zero-order valence-corrected chi connectivity index (χ0v) is 17.4. The molecule has 0 aliphatic rings. The Hall–Kier alpha value is -4.24. The number of amides is 1. The van der Waals surface area contributed by atoms with Gasteiger partial charge in [0.15, 0.2) is 0 Å². The molecular weight excluding hydrogens is 438 g/mol.